The van der Waals surface area contributed by atoms with Gasteiger partial charge in [-0.2, -0.15) is 0 Å². The van der Waals surface area contributed by atoms with Crippen LogP contribution in [0.3, 0.4) is 0 Å². The number of allylic oxidation sites excluding steroid dienone is 1. The summed E-state index contributed by atoms with van der Waals surface area (Å²) >= 11 is 0. The average molecular weight is 270 g/mol. The molecule has 1 saturated carbocycles. The van der Waals surface area contributed by atoms with E-state index in [0.717, 1.165) is 12.3 Å². The molecule has 110 valence electrons. The van der Waals surface area contributed by atoms with Crippen molar-refractivity contribution < 1.29 is 19.1 Å². The molecule has 0 radical (unpaired) electrons. The highest BCUT2D eigenvalue weighted by Crippen LogP contribution is 2.43. The van der Waals surface area contributed by atoms with Gasteiger partial charge in [-0.25, -0.2) is 0 Å². The molecule has 4 nitrogen and oxygen atoms in total. The van der Waals surface area contributed by atoms with E-state index in [1.54, 1.807) is 0 Å². The minimum absolute atomic E-state index is 0.0547. The van der Waals surface area contributed by atoms with Crippen molar-refractivity contribution in [2.75, 3.05) is 14.2 Å². The Hall–Kier alpha value is -1.32. The summed E-state index contributed by atoms with van der Waals surface area (Å²) in [5, 5.41) is 0. The second kappa shape index (κ2) is 10.6. The number of methoxy groups -OCH3 is 2. The molecule has 2 unspecified atom stereocenters. The molecule has 0 aliphatic heterocycles. The molecule has 0 aromatic rings. The third kappa shape index (κ3) is 9.28. The smallest absolute Gasteiger partial charge is 0.309 e. The quantitative estimate of drug-likeness (QED) is 0.549. The fraction of sp³-hybridized carbons (Fsp3) is 0.733. The second-order valence-corrected chi connectivity index (χ2v) is 4.60. The van der Waals surface area contributed by atoms with Gasteiger partial charge in [0.25, 0.3) is 0 Å². The van der Waals surface area contributed by atoms with Crippen molar-refractivity contribution in [1.29, 1.82) is 0 Å². The van der Waals surface area contributed by atoms with Crippen molar-refractivity contribution in [2.45, 2.75) is 46.0 Å². The van der Waals surface area contributed by atoms with Crippen LogP contribution in [0.4, 0.5) is 0 Å². The fourth-order valence-electron chi connectivity index (χ4n) is 1.79. The predicted octanol–water partition coefficient (Wildman–Crippen LogP) is 3.11. The van der Waals surface area contributed by atoms with Gasteiger partial charge in [0, 0.05) is 6.42 Å². The Bertz CT molecular complexity index is 297. The van der Waals surface area contributed by atoms with Crippen LogP contribution >= 0.6 is 0 Å². The maximum absolute atomic E-state index is 10.7. The predicted molar refractivity (Wildman–Crippen MR) is 74.6 cm³/mol. The lowest BCUT2D eigenvalue weighted by molar-refractivity contribution is -0.141. The minimum atomic E-state index is -0.181. The van der Waals surface area contributed by atoms with Crippen molar-refractivity contribution in [3.63, 3.8) is 0 Å². The third-order valence-electron chi connectivity index (χ3n) is 3.16. The van der Waals surface area contributed by atoms with Gasteiger partial charge in [-0.1, -0.05) is 32.4 Å². The van der Waals surface area contributed by atoms with Gasteiger partial charge in [-0.3, -0.25) is 9.59 Å². The molecule has 0 N–H and O–H groups in total. The molecule has 0 aromatic heterocycles. The summed E-state index contributed by atoms with van der Waals surface area (Å²) in [4.78, 5) is 21.1. The van der Waals surface area contributed by atoms with Crippen LogP contribution in [0, 0.1) is 11.8 Å². The van der Waals surface area contributed by atoms with Crippen molar-refractivity contribution in [2.24, 2.45) is 11.8 Å². The highest BCUT2D eigenvalue weighted by molar-refractivity contribution is 5.70. The summed E-state index contributed by atoms with van der Waals surface area (Å²) < 4.78 is 8.96. The van der Waals surface area contributed by atoms with E-state index in [1.165, 1.54) is 27.1 Å². The zero-order valence-electron chi connectivity index (χ0n) is 12.5. The summed E-state index contributed by atoms with van der Waals surface area (Å²) in [6, 6.07) is 0. The lowest BCUT2D eigenvalue weighted by atomic mass is 10.2. The average Bonchev–Trinajstić information content (AvgIpc) is 3.17. The zero-order chi connectivity index (χ0) is 14.7. The number of rotatable bonds is 6. The van der Waals surface area contributed by atoms with Crippen LogP contribution in [0.2, 0.25) is 0 Å². The molecule has 1 fully saturated rings. The van der Waals surface area contributed by atoms with E-state index in [0.29, 0.717) is 18.8 Å². The Morgan fingerprint density at radius 2 is 1.68 bits per heavy atom. The number of ether oxygens (including phenoxy) is 2. The van der Waals surface area contributed by atoms with Crippen LogP contribution in [0.15, 0.2) is 12.2 Å². The maximum Gasteiger partial charge on any atom is 0.309 e. The number of hydrogen-bond donors (Lipinski definition) is 0. The van der Waals surface area contributed by atoms with E-state index in [9.17, 15) is 9.59 Å². The summed E-state index contributed by atoms with van der Waals surface area (Å²) in [6.07, 6.45) is 8.19. The van der Waals surface area contributed by atoms with E-state index < -0.39 is 0 Å². The Balaban J connectivity index is 0.000000344. The SMILES string of the molecule is CC/C=C\CC(=O)OC.CCC1CC1CC(=O)OC. The van der Waals surface area contributed by atoms with Crippen LogP contribution in [-0.2, 0) is 19.1 Å². The molecule has 19 heavy (non-hydrogen) atoms. The Morgan fingerprint density at radius 3 is 2.11 bits per heavy atom. The van der Waals surface area contributed by atoms with Crippen molar-refractivity contribution >= 4 is 11.9 Å². The maximum atomic E-state index is 10.7. The second-order valence-electron chi connectivity index (χ2n) is 4.60. The number of carbonyl (C=O) groups excluding carboxylic acids is 2. The summed E-state index contributed by atoms with van der Waals surface area (Å²) in [5.41, 5.74) is 0. The van der Waals surface area contributed by atoms with Gasteiger partial charge in [0.1, 0.15) is 0 Å². The molecular formula is C15H26O4. The first-order chi connectivity index (χ1) is 9.08. The Morgan fingerprint density at radius 1 is 1.05 bits per heavy atom. The molecule has 0 saturated heterocycles. The van der Waals surface area contributed by atoms with Crippen LogP contribution < -0.4 is 0 Å². The molecule has 1 aliphatic carbocycles. The van der Waals surface area contributed by atoms with Gasteiger partial charge in [-0.15, -0.1) is 0 Å². The molecular weight excluding hydrogens is 244 g/mol. The monoisotopic (exact) mass is 270 g/mol. The Kier molecular flexibility index (Phi) is 9.85. The molecule has 1 rings (SSSR count). The van der Waals surface area contributed by atoms with Crippen LogP contribution in [0.1, 0.15) is 46.0 Å². The highest BCUT2D eigenvalue weighted by atomic mass is 16.5. The Labute approximate surface area is 116 Å². The molecule has 0 heterocycles. The minimum Gasteiger partial charge on any atom is -0.469 e. The molecule has 0 spiro atoms. The number of esters is 2. The first-order valence-electron chi connectivity index (χ1n) is 6.87. The van der Waals surface area contributed by atoms with E-state index >= 15 is 0 Å². The summed E-state index contributed by atoms with van der Waals surface area (Å²) in [6.45, 7) is 4.19. The molecule has 0 bridgehead atoms. The largest absolute Gasteiger partial charge is 0.469 e. The number of hydrogen-bond acceptors (Lipinski definition) is 4. The van der Waals surface area contributed by atoms with E-state index in [2.05, 4.69) is 16.4 Å². The number of carbonyl (C=O) groups is 2. The first kappa shape index (κ1) is 17.7. The molecule has 1 aliphatic rings. The fourth-order valence-corrected chi connectivity index (χ4v) is 1.79. The standard InChI is InChI=1S/C8H14O2.C7H12O2/c1-3-6-4-7(6)5-8(9)10-2;1-3-4-5-6-7(8)9-2/h6-7H,3-5H2,1-2H3;4-5H,3,6H2,1-2H3/b;5-4-. The van der Waals surface area contributed by atoms with Gasteiger partial charge in [-0.05, 0) is 24.7 Å². The van der Waals surface area contributed by atoms with E-state index in [-0.39, 0.29) is 11.9 Å². The lowest BCUT2D eigenvalue weighted by Crippen LogP contribution is -2.01. The van der Waals surface area contributed by atoms with Gasteiger partial charge >= 0.3 is 11.9 Å². The molecule has 0 aromatic carbocycles. The van der Waals surface area contributed by atoms with Gasteiger partial charge in [0.05, 0.1) is 20.6 Å². The topological polar surface area (TPSA) is 52.6 Å². The van der Waals surface area contributed by atoms with Gasteiger partial charge in [0.15, 0.2) is 0 Å². The third-order valence-corrected chi connectivity index (χ3v) is 3.16. The summed E-state index contributed by atoms with van der Waals surface area (Å²) in [7, 11) is 2.84. The van der Waals surface area contributed by atoms with Gasteiger partial charge in [0.2, 0.25) is 0 Å². The first-order valence-corrected chi connectivity index (χ1v) is 6.87. The molecule has 2 atom stereocenters. The normalized spacial score (nSPS) is 20.4. The molecule has 0 amide bonds. The lowest BCUT2D eigenvalue weighted by Gasteiger charge is -1.95. The van der Waals surface area contributed by atoms with Gasteiger partial charge < -0.3 is 9.47 Å². The van der Waals surface area contributed by atoms with Crippen LogP contribution in [0.25, 0.3) is 0 Å². The van der Waals surface area contributed by atoms with Crippen LogP contribution in [0.5, 0.6) is 0 Å². The van der Waals surface area contributed by atoms with Crippen molar-refractivity contribution in [3.8, 4) is 0 Å². The summed E-state index contributed by atoms with van der Waals surface area (Å²) in [5.74, 6) is 1.21. The van der Waals surface area contributed by atoms with Crippen molar-refractivity contribution in [1.82, 2.24) is 0 Å². The zero-order valence-corrected chi connectivity index (χ0v) is 12.5. The van der Waals surface area contributed by atoms with Crippen LogP contribution in [-0.4, -0.2) is 26.2 Å². The van der Waals surface area contributed by atoms with E-state index in [1.807, 2.05) is 19.1 Å². The van der Waals surface area contributed by atoms with E-state index in [4.69, 9.17) is 0 Å². The highest BCUT2D eigenvalue weighted by Gasteiger charge is 2.36. The van der Waals surface area contributed by atoms with Crippen molar-refractivity contribution in [3.05, 3.63) is 12.2 Å². The molecule has 4 heteroatoms.